The number of alkyl halides is 3. The van der Waals surface area contributed by atoms with Gasteiger partial charge in [-0.2, -0.15) is 13.2 Å². The maximum atomic E-state index is 13.9. The van der Waals surface area contributed by atoms with Crippen molar-refractivity contribution in [2.45, 2.75) is 56.9 Å². The largest absolute Gasteiger partial charge is 0.416 e. The quantitative estimate of drug-likeness (QED) is 0.245. The van der Waals surface area contributed by atoms with Crippen molar-refractivity contribution < 1.29 is 31.2 Å². The number of amides is 2. The number of carbonyl (C=O) groups is 2. The fraction of sp³-hybridized carbons (Fsp3) is 0.310. The first-order valence-corrected chi connectivity index (χ1v) is 15.5. The van der Waals surface area contributed by atoms with E-state index in [4.69, 9.17) is 11.6 Å². The van der Waals surface area contributed by atoms with Crippen molar-refractivity contribution in [3.05, 3.63) is 93.4 Å². The fourth-order valence-corrected chi connectivity index (χ4v) is 5.93. The molecule has 3 rings (SSSR count). The third-order valence-electron chi connectivity index (χ3n) is 6.59. The second kappa shape index (κ2) is 13.9. The first kappa shape index (κ1) is 33.4. The Labute approximate surface area is 256 Å². The highest BCUT2D eigenvalue weighted by molar-refractivity contribution is 9.10. The Bertz CT molecular complexity index is 1510. The third-order valence-corrected chi connectivity index (χ3v) is 9.21. The fourth-order valence-electron chi connectivity index (χ4n) is 3.95. The number of carbonyl (C=O) groups excluding carboxylic acids is 2. The van der Waals surface area contributed by atoms with Crippen molar-refractivity contribution in [1.82, 2.24) is 10.2 Å². The molecule has 0 heterocycles. The van der Waals surface area contributed by atoms with E-state index in [1.54, 1.807) is 37.3 Å². The predicted molar refractivity (Wildman–Crippen MR) is 159 cm³/mol. The van der Waals surface area contributed by atoms with Gasteiger partial charge in [-0.3, -0.25) is 13.9 Å². The van der Waals surface area contributed by atoms with E-state index in [0.717, 1.165) is 16.6 Å². The van der Waals surface area contributed by atoms with Gasteiger partial charge >= 0.3 is 6.18 Å². The minimum atomic E-state index is -4.80. The SMILES string of the molecule is CCC(C)NC(=O)C(C)N(Cc1ccc(Br)cc1)C(=O)CN(c1cc(C(F)(F)F)ccc1Cl)S(=O)(=O)c1ccccc1. The number of nitrogens with zero attached hydrogens (tertiary/aromatic N) is 2. The minimum Gasteiger partial charge on any atom is -0.352 e. The monoisotopic (exact) mass is 687 g/mol. The van der Waals surface area contributed by atoms with E-state index in [2.05, 4.69) is 21.2 Å². The van der Waals surface area contributed by atoms with E-state index in [9.17, 15) is 31.2 Å². The Morgan fingerprint density at radius 3 is 2.19 bits per heavy atom. The Kier molecular flexibility index (Phi) is 11.1. The van der Waals surface area contributed by atoms with Crippen LogP contribution in [0.15, 0.2) is 82.2 Å². The highest BCUT2D eigenvalue weighted by Gasteiger charge is 2.36. The van der Waals surface area contributed by atoms with Crippen LogP contribution in [0.1, 0.15) is 38.3 Å². The van der Waals surface area contributed by atoms with E-state index in [0.29, 0.717) is 22.4 Å². The van der Waals surface area contributed by atoms with Gasteiger partial charge in [0.2, 0.25) is 11.8 Å². The van der Waals surface area contributed by atoms with Gasteiger partial charge in [0.1, 0.15) is 12.6 Å². The molecule has 2 atom stereocenters. The van der Waals surface area contributed by atoms with Gasteiger partial charge in [0, 0.05) is 17.1 Å². The first-order chi connectivity index (χ1) is 19.6. The standard InChI is InChI=1S/C29H30BrClF3N3O4S/c1-4-19(2)35-28(39)20(3)36(17-21-10-13-23(30)14-11-21)27(38)18-37(42(40,41)24-8-6-5-7-9-24)26-16-22(29(32,33)34)12-15-25(26)31/h5-16,19-20H,4,17-18H2,1-3H3,(H,35,39). The summed E-state index contributed by atoms with van der Waals surface area (Å²) >= 11 is 9.61. The van der Waals surface area contributed by atoms with Gasteiger partial charge < -0.3 is 10.2 Å². The molecule has 2 amide bonds. The number of hydrogen-bond acceptors (Lipinski definition) is 4. The summed E-state index contributed by atoms with van der Waals surface area (Å²) in [5, 5.41) is 2.51. The van der Waals surface area contributed by atoms with Crippen LogP contribution >= 0.6 is 27.5 Å². The van der Waals surface area contributed by atoms with Crippen LogP contribution in [0, 0.1) is 0 Å². The molecule has 0 saturated carbocycles. The van der Waals surface area contributed by atoms with Crippen LogP contribution in [0.3, 0.4) is 0 Å². The van der Waals surface area contributed by atoms with Crippen molar-refractivity contribution in [2.75, 3.05) is 10.8 Å². The molecule has 0 radical (unpaired) electrons. The molecule has 42 heavy (non-hydrogen) atoms. The van der Waals surface area contributed by atoms with E-state index in [-0.39, 0.29) is 22.5 Å². The zero-order chi connectivity index (χ0) is 31.2. The summed E-state index contributed by atoms with van der Waals surface area (Å²) in [6, 6.07) is 14.9. The maximum absolute atomic E-state index is 13.9. The summed E-state index contributed by atoms with van der Waals surface area (Å²) in [5.74, 6) is -1.29. The maximum Gasteiger partial charge on any atom is 0.416 e. The molecule has 0 aliphatic rings. The lowest BCUT2D eigenvalue weighted by Crippen LogP contribution is -2.52. The molecule has 1 N–H and O–H groups in total. The Morgan fingerprint density at radius 2 is 1.62 bits per heavy atom. The molecule has 7 nitrogen and oxygen atoms in total. The van der Waals surface area contributed by atoms with Gasteiger partial charge in [-0.15, -0.1) is 0 Å². The molecule has 13 heteroatoms. The minimum absolute atomic E-state index is 0.0727. The highest BCUT2D eigenvalue weighted by Crippen LogP contribution is 2.37. The van der Waals surface area contributed by atoms with Crippen LogP contribution in [0.5, 0.6) is 0 Å². The predicted octanol–water partition coefficient (Wildman–Crippen LogP) is 6.65. The number of anilines is 1. The summed E-state index contributed by atoms with van der Waals surface area (Å²) in [5.41, 5.74) is -1.02. The van der Waals surface area contributed by atoms with E-state index >= 15 is 0 Å². The van der Waals surface area contributed by atoms with Gasteiger partial charge in [0.15, 0.2) is 0 Å². The lowest BCUT2D eigenvalue weighted by Gasteiger charge is -2.33. The van der Waals surface area contributed by atoms with Crippen LogP contribution in [0.25, 0.3) is 0 Å². The zero-order valence-corrected chi connectivity index (χ0v) is 26.2. The van der Waals surface area contributed by atoms with Crippen LogP contribution in [-0.2, 0) is 32.3 Å². The molecule has 226 valence electrons. The molecular formula is C29H30BrClF3N3O4S. The van der Waals surface area contributed by atoms with Gasteiger partial charge in [-0.25, -0.2) is 8.42 Å². The summed E-state index contributed by atoms with van der Waals surface area (Å²) in [6.07, 6.45) is -4.17. The van der Waals surface area contributed by atoms with Gasteiger partial charge in [-0.05, 0) is 68.3 Å². The van der Waals surface area contributed by atoms with Crippen molar-refractivity contribution in [2.24, 2.45) is 0 Å². The van der Waals surface area contributed by atoms with Gasteiger partial charge in [-0.1, -0.05) is 64.8 Å². The normalized spacial score (nSPS) is 13.2. The van der Waals surface area contributed by atoms with Crippen molar-refractivity contribution >= 4 is 55.1 Å². The summed E-state index contributed by atoms with van der Waals surface area (Å²) in [4.78, 5) is 28.0. The molecular weight excluding hydrogens is 659 g/mol. The van der Waals surface area contributed by atoms with Crippen LogP contribution < -0.4 is 9.62 Å². The zero-order valence-electron chi connectivity index (χ0n) is 23.0. The lowest BCUT2D eigenvalue weighted by molar-refractivity contribution is -0.139. The average Bonchev–Trinajstić information content (AvgIpc) is 2.95. The topological polar surface area (TPSA) is 86.8 Å². The van der Waals surface area contributed by atoms with E-state index < -0.39 is 51.9 Å². The summed E-state index contributed by atoms with van der Waals surface area (Å²) < 4.78 is 69.9. The van der Waals surface area contributed by atoms with Crippen LogP contribution in [0.2, 0.25) is 5.02 Å². The highest BCUT2D eigenvalue weighted by atomic mass is 79.9. The molecule has 0 aliphatic carbocycles. The number of rotatable bonds is 11. The van der Waals surface area contributed by atoms with Crippen molar-refractivity contribution in [3.63, 3.8) is 0 Å². The number of halogens is 5. The molecule has 0 aliphatic heterocycles. The third kappa shape index (κ3) is 8.26. The van der Waals surface area contributed by atoms with Gasteiger partial charge in [0.25, 0.3) is 10.0 Å². The van der Waals surface area contributed by atoms with E-state index in [1.807, 2.05) is 6.92 Å². The van der Waals surface area contributed by atoms with Gasteiger partial charge in [0.05, 0.1) is 21.2 Å². The van der Waals surface area contributed by atoms with Crippen molar-refractivity contribution in [3.8, 4) is 0 Å². The molecule has 0 saturated heterocycles. The number of nitrogens with one attached hydrogen (secondary N) is 1. The lowest BCUT2D eigenvalue weighted by atomic mass is 10.1. The summed E-state index contributed by atoms with van der Waals surface area (Å²) in [7, 11) is -4.59. The second-order valence-electron chi connectivity index (χ2n) is 9.63. The van der Waals surface area contributed by atoms with E-state index in [1.165, 1.54) is 36.1 Å². The Hall–Kier alpha value is -3.09. The second-order valence-corrected chi connectivity index (χ2v) is 12.8. The Balaban J connectivity index is 2.11. The number of hydrogen-bond donors (Lipinski definition) is 1. The first-order valence-electron chi connectivity index (χ1n) is 12.9. The van der Waals surface area contributed by atoms with Crippen LogP contribution in [0.4, 0.5) is 18.9 Å². The Morgan fingerprint density at radius 1 is 1.00 bits per heavy atom. The summed E-state index contributed by atoms with van der Waals surface area (Å²) in [6.45, 7) is 4.19. The van der Waals surface area contributed by atoms with Crippen LogP contribution in [-0.4, -0.2) is 43.8 Å². The molecule has 0 aromatic heterocycles. The smallest absolute Gasteiger partial charge is 0.352 e. The molecule has 0 bridgehead atoms. The number of benzene rings is 3. The molecule has 3 aromatic carbocycles. The number of sulfonamides is 1. The molecule has 2 unspecified atom stereocenters. The molecule has 0 fully saturated rings. The molecule has 0 spiro atoms. The molecule has 3 aromatic rings. The van der Waals surface area contributed by atoms with Crippen molar-refractivity contribution in [1.29, 1.82) is 0 Å². The average molecular weight is 689 g/mol.